The highest BCUT2D eigenvalue weighted by Gasteiger charge is 2.14. The van der Waals surface area contributed by atoms with Crippen molar-refractivity contribution >= 4 is 20.8 Å². The lowest BCUT2D eigenvalue weighted by Gasteiger charge is -2.09. The third-order valence-corrected chi connectivity index (χ3v) is 6.22. The summed E-state index contributed by atoms with van der Waals surface area (Å²) < 4.78 is 70.2. The molecular formula is C23H40O8S2. The van der Waals surface area contributed by atoms with Crippen LogP contribution in [-0.4, -0.2) is 25.9 Å². The Kier molecular flexibility index (Phi) is 14.7. The van der Waals surface area contributed by atoms with E-state index in [9.17, 15) is 16.8 Å². The minimum absolute atomic E-state index is 0.297. The summed E-state index contributed by atoms with van der Waals surface area (Å²) in [7, 11) is -9.55. The summed E-state index contributed by atoms with van der Waals surface area (Å²) in [4.78, 5) is 0. The van der Waals surface area contributed by atoms with Crippen molar-refractivity contribution in [3.05, 3.63) is 23.8 Å². The molecule has 0 spiro atoms. The van der Waals surface area contributed by atoms with E-state index in [0.29, 0.717) is 12.0 Å². The van der Waals surface area contributed by atoms with Crippen molar-refractivity contribution in [1.29, 1.82) is 0 Å². The van der Waals surface area contributed by atoms with E-state index in [2.05, 4.69) is 15.3 Å². The number of rotatable bonds is 20. The van der Waals surface area contributed by atoms with Gasteiger partial charge < -0.3 is 8.37 Å². The predicted molar refractivity (Wildman–Crippen MR) is 129 cm³/mol. The monoisotopic (exact) mass is 508 g/mol. The Hall–Kier alpha value is -1.36. The molecule has 33 heavy (non-hydrogen) atoms. The molecule has 1 rings (SSSR count). The lowest BCUT2D eigenvalue weighted by molar-refractivity contribution is 0.381. The molecule has 0 fully saturated rings. The average molecular weight is 509 g/mol. The minimum atomic E-state index is -4.77. The summed E-state index contributed by atoms with van der Waals surface area (Å²) in [6.45, 7) is 2.24. The van der Waals surface area contributed by atoms with Crippen LogP contribution in [-0.2, 0) is 27.2 Å². The maximum atomic E-state index is 10.9. The van der Waals surface area contributed by atoms with Crippen molar-refractivity contribution in [2.45, 2.75) is 110 Å². The van der Waals surface area contributed by atoms with Crippen LogP contribution in [0.1, 0.15) is 109 Å². The summed E-state index contributed by atoms with van der Waals surface area (Å²) >= 11 is 0. The van der Waals surface area contributed by atoms with Gasteiger partial charge in [-0.15, -0.1) is 0 Å². The first-order chi connectivity index (χ1) is 15.6. The summed E-state index contributed by atoms with van der Waals surface area (Å²) in [5.74, 6) is -0.593. The van der Waals surface area contributed by atoms with E-state index < -0.39 is 20.8 Å². The lowest BCUT2D eigenvalue weighted by Crippen LogP contribution is -2.09. The van der Waals surface area contributed by atoms with Crippen LogP contribution < -0.4 is 8.37 Å². The van der Waals surface area contributed by atoms with Gasteiger partial charge in [0.1, 0.15) is 11.5 Å². The summed E-state index contributed by atoms with van der Waals surface area (Å²) in [6, 6.07) is 3.72. The Morgan fingerprint density at radius 1 is 0.576 bits per heavy atom. The zero-order chi connectivity index (χ0) is 24.6. The molecule has 8 nitrogen and oxygen atoms in total. The predicted octanol–water partition coefficient (Wildman–Crippen LogP) is 6.46. The van der Waals surface area contributed by atoms with E-state index in [1.54, 1.807) is 0 Å². The van der Waals surface area contributed by atoms with Gasteiger partial charge in [0.15, 0.2) is 0 Å². The SMILES string of the molecule is CCCCCCCCCCCCCCCCCc1cc(OS(=O)(=O)O)cc(OS(=O)(=O)O)c1. The number of aryl methyl sites for hydroxylation is 1. The Labute approximate surface area is 200 Å². The van der Waals surface area contributed by atoms with Gasteiger partial charge in [-0.1, -0.05) is 96.8 Å². The molecule has 0 bridgehead atoms. The third kappa shape index (κ3) is 17.7. The molecular weight excluding hydrogens is 468 g/mol. The van der Waals surface area contributed by atoms with E-state index in [0.717, 1.165) is 25.3 Å². The fourth-order valence-electron chi connectivity index (χ4n) is 3.81. The molecule has 0 aliphatic rings. The van der Waals surface area contributed by atoms with Crippen LogP contribution in [0.2, 0.25) is 0 Å². The highest BCUT2D eigenvalue weighted by atomic mass is 32.3. The van der Waals surface area contributed by atoms with Gasteiger partial charge in [-0.05, 0) is 30.5 Å². The fraction of sp³-hybridized carbons (Fsp3) is 0.739. The van der Waals surface area contributed by atoms with Crippen molar-refractivity contribution in [2.24, 2.45) is 0 Å². The van der Waals surface area contributed by atoms with Crippen LogP contribution in [0.5, 0.6) is 11.5 Å². The molecule has 0 saturated carbocycles. The van der Waals surface area contributed by atoms with Crippen molar-refractivity contribution in [2.75, 3.05) is 0 Å². The first kappa shape index (κ1) is 29.7. The van der Waals surface area contributed by atoms with Gasteiger partial charge in [-0.25, -0.2) is 0 Å². The molecule has 0 aromatic heterocycles. The molecule has 0 aliphatic carbocycles. The molecule has 0 radical (unpaired) electrons. The summed E-state index contributed by atoms with van der Waals surface area (Å²) in [6.07, 6.45) is 19.2. The molecule has 0 saturated heterocycles. The van der Waals surface area contributed by atoms with Crippen LogP contribution in [0.3, 0.4) is 0 Å². The van der Waals surface area contributed by atoms with E-state index in [1.165, 1.54) is 89.2 Å². The highest BCUT2D eigenvalue weighted by Crippen LogP contribution is 2.26. The van der Waals surface area contributed by atoms with Gasteiger partial charge in [0, 0.05) is 6.07 Å². The third-order valence-electron chi connectivity index (χ3n) is 5.41. The van der Waals surface area contributed by atoms with Crippen LogP contribution in [0.4, 0.5) is 0 Å². The van der Waals surface area contributed by atoms with Gasteiger partial charge in [0.2, 0.25) is 0 Å². The molecule has 2 N–H and O–H groups in total. The number of benzene rings is 1. The molecule has 10 heteroatoms. The quantitative estimate of drug-likeness (QED) is 0.152. The maximum absolute atomic E-state index is 10.9. The molecule has 0 unspecified atom stereocenters. The molecule has 1 aromatic carbocycles. The molecule has 1 aromatic rings. The van der Waals surface area contributed by atoms with Crippen LogP contribution in [0.15, 0.2) is 18.2 Å². The van der Waals surface area contributed by atoms with Crippen LogP contribution in [0, 0.1) is 0 Å². The molecule has 192 valence electrons. The van der Waals surface area contributed by atoms with Crippen molar-refractivity contribution in [3.8, 4) is 11.5 Å². The lowest BCUT2D eigenvalue weighted by atomic mass is 10.0. The smallest absolute Gasteiger partial charge is 0.362 e. The van der Waals surface area contributed by atoms with Gasteiger partial charge >= 0.3 is 20.8 Å². The first-order valence-electron chi connectivity index (χ1n) is 12.1. The summed E-state index contributed by atoms with van der Waals surface area (Å²) in [5.41, 5.74) is 0.574. The van der Waals surface area contributed by atoms with Gasteiger partial charge in [-0.3, -0.25) is 9.11 Å². The maximum Gasteiger partial charge on any atom is 0.446 e. The van der Waals surface area contributed by atoms with Gasteiger partial charge in [0.25, 0.3) is 0 Å². The minimum Gasteiger partial charge on any atom is -0.362 e. The zero-order valence-electron chi connectivity index (χ0n) is 19.7. The van der Waals surface area contributed by atoms with E-state index >= 15 is 0 Å². The largest absolute Gasteiger partial charge is 0.446 e. The zero-order valence-corrected chi connectivity index (χ0v) is 21.3. The van der Waals surface area contributed by atoms with Crippen LogP contribution >= 0.6 is 0 Å². The fourth-order valence-corrected chi connectivity index (χ4v) is 4.49. The second-order valence-corrected chi connectivity index (χ2v) is 10.6. The molecule has 0 heterocycles. The Morgan fingerprint density at radius 3 is 1.24 bits per heavy atom. The normalized spacial score (nSPS) is 12.1. The number of hydrogen-bond donors (Lipinski definition) is 2. The van der Waals surface area contributed by atoms with Crippen molar-refractivity contribution in [1.82, 2.24) is 0 Å². The van der Waals surface area contributed by atoms with E-state index in [4.69, 9.17) is 9.11 Å². The number of hydrogen-bond acceptors (Lipinski definition) is 6. The Balaban J connectivity index is 2.23. The van der Waals surface area contributed by atoms with Gasteiger partial charge in [-0.2, -0.15) is 16.8 Å². The number of unbranched alkanes of at least 4 members (excludes halogenated alkanes) is 14. The first-order valence-corrected chi connectivity index (χ1v) is 14.8. The summed E-state index contributed by atoms with van der Waals surface area (Å²) in [5, 5.41) is 0. The molecule has 0 atom stereocenters. The van der Waals surface area contributed by atoms with Crippen molar-refractivity contribution in [3.63, 3.8) is 0 Å². The van der Waals surface area contributed by atoms with E-state index in [-0.39, 0.29) is 11.5 Å². The van der Waals surface area contributed by atoms with Gasteiger partial charge in [0.05, 0.1) is 0 Å². The molecule has 0 amide bonds. The second kappa shape index (κ2) is 16.3. The van der Waals surface area contributed by atoms with Crippen LogP contribution in [0.25, 0.3) is 0 Å². The average Bonchev–Trinajstić information content (AvgIpc) is 2.68. The Bertz CT molecular complexity index is 814. The standard InChI is InChI=1S/C23H40O8S2/c1-2-3-4-5-6-7-8-9-10-11-12-13-14-15-16-17-21-18-22(30-32(24,25)26)20-23(19-21)31-33(27,28)29/h18-20H,2-17H2,1H3,(H,24,25,26)(H,27,28,29). The van der Waals surface area contributed by atoms with Crippen molar-refractivity contribution < 1.29 is 34.3 Å². The Morgan fingerprint density at radius 2 is 0.909 bits per heavy atom. The molecule has 0 aliphatic heterocycles. The highest BCUT2D eigenvalue weighted by molar-refractivity contribution is 7.81. The van der Waals surface area contributed by atoms with E-state index in [1.807, 2.05) is 0 Å². The second-order valence-electron chi connectivity index (χ2n) is 8.53. The topological polar surface area (TPSA) is 127 Å².